The Labute approximate surface area is 202 Å². The van der Waals surface area contributed by atoms with Crippen LogP contribution in [0.15, 0.2) is 75.8 Å². The minimum absolute atomic E-state index is 0.117. The molecule has 4 rings (SSSR count). The summed E-state index contributed by atoms with van der Waals surface area (Å²) in [5.74, 6) is 0.574. The number of pyridine rings is 1. The highest BCUT2D eigenvalue weighted by Crippen LogP contribution is 2.37. The monoisotopic (exact) mass is 500 g/mol. The topological polar surface area (TPSA) is 102 Å². The Morgan fingerprint density at radius 1 is 1.24 bits per heavy atom. The van der Waals surface area contributed by atoms with Crippen molar-refractivity contribution in [3.63, 3.8) is 0 Å². The highest BCUT2D eigenvalue weighted by molar-refractivity contribution is 8.18. The van der Waals surface area contributed by atoms with Crippen LogP contribution in [0.25, 0.3) is 17.4 Å². The Hall–Kier alpha value is -3.40. The highest BCUT2D eigenvalue weighted by Gasteiger charge is 2.33. The van der Waals surface area contributed by atoms with Gasteiger partial charge in [-0.1, -0.05) is 29.3 Å². The van der Waals surface area contributed by atoms with E-state index in [1.165, 1.54) is 41.1 Å². The van der Waals surface area contributed by atoms with Gasteiger partial charge in [-0.25, -0.2) is 4.99 Å². The number of rotatable bonds is 6. The maximum atomic E-state index is 13.0. The fraction of sp³-hybridized carbons (Fsp3) is 0.0455. The predicted octanol–water partition coefficient (Wildman–Crippen LogP) is 6.35. The number of hydrogen-bond acceptors (Lipinski definition) is 7. The Bertz CT molecular complexity index is 1340. The van der Waals surface area contributed by atoms with E-state index in [0.717, 1.165) is 0 Å². The van der Waals surface area contributed by atoms with Crippen molar-refractivity contribution in [3.05, 3.63) is 92.3 Å². The maximum absolute atomic E-state index is 13.0. The van der Waals surface area contributed by atoms with Gasteiger partial charge >= 0.3 is 0 Å². The van der Waals surface area contributed by atoms with Gasteiger partial charge in [0.2, 0.25) is 0 Å². The van der Waals surface area contributed by atoms with Crippen LogP contribution in [-0.4, -0.2) is 32.4 Å². The van der Waals surface area contributed by atoms with Gasteiger partial charge < -0.3 is 4.42 Å². The molecule has 0 bridgehead atoms. The zero-order valence-electron chi connectivity index (χ0n) is 16.8. The van der Waals surface area contributed by atoms with Gasteiger partial charge in [0.15, 0.2) is 5.17 Å². The number of hydrogen-bond donors (Lipinski definition) is 0. The average Bonchev–Trinajstić information content (AvgIpc) is 3.36. The van der Waals surface area contributed by atoms with Gasteiger partial charge in [-0.3, -0.25) is 24.8 Å². The third kappa shape index (κ3) is 4.85. The summed E-state index contributed by atoms with van der Waals surface area (Å²) in [6.45, 7) is 3.97. The number of non-ortho nitro benzene ring substituents is 1. The van der Waals surface area contributed by atoms with Crippen molar-refractivity contribution in [1.82, 2.24) is 9.88 Å². The van der Waals surface area contributed by atoms with Gasteiger partial charge in [-0.15, -0.1) is 6.58 Å². The molecule has 1 saturated heterocycles. The van der Waals surface area contributed by atoms with Crippen molar-refractivity contribution in [3.8, 4) is 11.3 Å². The second-order valence-electron chi connectivity index (χ2n) is 6.66. The number of thioether (sulfide) groups is 1. The average molecular weight is 501 g/mol. The molecule has 1 amide bonds. The van der Waals surface area contributed by atoms with Crippen LogP contribution in [0.2, 0.25) is 10.0 Å². The summed E-state index contributed by atoms with van der Waals surface area (Å²) in [6.07, 6.45) is 6.24. The predicted molar refractivity (Wildman–Crippen MR) is 130 cm³/mol. The van der Waals surface area contributed by atoms with Crippen LogP contribution in [0.3, 0.4) is 0 Å². The fourth-order valence-electron chi connectivity index (χ4n) is 2.96. The number of halogens is 2. The minimum Gasteiger partial charge on any atom is -0.457 e. The van der Waals surface area contributed by atoms with E-state index >= 15 is 0 Å². The van der Waals surface area contributed by atoms with Crippen molar-refractivity contribution < 1.29 is 14.1 Å². The fourth-order valence-corrected chi connectivity index (χ4v) is 4.38. The molecule has 0 unspecified atom stereocenters. The number of aliphatic imine (C=N–C) groups is 1. The van der Waals surface area contributed by atoms with Gasteiger partial charge in [-0.05, 0) is 36.0 Å². The lowest BCUT2D eigenvalue weighted by atomic mass is 10.1. The SMILES string of the molecule is C=CCN1C(=O)/C(=C\c2ccc(-c3ccc([N+](=O)[O-])cc3Cl)o2)SC1=Nc1ccncc1Cl. The van der Waals surface area contributed by atoms with Crippen LogP contribution in [-0.2, 0) is 4.79 Å². The number of carbonyl (C=O) groups is 1. The Balaban J connectivity index is 1.64. The highest BCUT2D eigenvalue weighted by atomic mass is 35.5. The van der Waals surface area contributed by atoms with Crippen LogP contribution < -0.4 is 0 Å². The Morgan fingerprint density at radius 3 is 2.76 bits per heavy atom. The molecule has 0 saturated carbocycles. The lowest BCUT2D eigenvalue weighted by Gasteiger charge is -2.12. The molecule has 1 aromatic carbocycles. The molecule has 3 aromatic rings. The number of amidine groups is 1. The molecule has 0 atom stereocenters. The molecule has 0 spiro atoms. The number of amides is 1. The van der Waals surface area contributed by atoms with Crippen molar-refractivity contribution in [2.75, 3.05) is 6.54 Å². The van der Waals surface area contributed by atoms with E-state index in [9.17, 15) is 14.9 Å². The molecule has 0 N–H and O–H groups in total. The normalized spacial score (nSPS) is 16.1. The summed E-state index contributed by atoms with van der Waals surface area (Å²) in [6, 6.07) is 9.13. The quantitative estimate of drug-likeness (QED) is 0.169. The largest absolute Gasteiger partial charge is 0.457 e. The number of nitro groups is 1. The van der Waals surface area contributed by atoms with Crippen molar-refractivity contribution in [2.24, 2.45) is 4.99 Å². The van der Waals surface area contributed by atoms with E-state index in [1.807, 2.05) is 0 Å². The number of aromatic nitrogens is 1. The number of benzene rings is 1. The molecule has 1 aliphatic heterocycles. The molecule has 3 heterocycles. The third-order valence-corrected chi connectivity index (χ3v) is 6.11. The molecule has 0 radical (unpaired) electrons. The van der Waals surface area contributed by atoms with Crippen LogP contribution in [0, 0.1) is 10.1 Å². The smallest absolute Gasteiger partial charge is 0.270 e. The number of nitro benzene ring substituents is 1. The third-order valence-electron chi connectivity index (χ3n) is 4.50. The first-order valence-electron chi connectivity index (χ1n) is 9.42. The first kappa shape index (κ1) is 22.8. The van der Waals surface area contributed by atoms with E-state index in [-0.39, 0.29) is 23.2 Å². The van der Waals surface area contributed by atoms with Crippen LogP contribution in [0.1, 0.15) is 5.76 Å². The first-order chi connectivity index (χ1) is 15.9. The zero-order chi connectivity index (χ0) is 23.5. The van der Waals surface area contributed by atoms with E-state index in [0.29, 0.717) is 37.9 Å². The molecular formula is C22H14Cl2N4O4S. The van der Waals surface area contributed by atoms with E-state index < -0.39 is 4.92 Å². The van der Waals surface area contributed by atoms with Crippen LogP contribution in [0.4, 0.5) is 11.4 Å². The van der Waals surface area contributed by atoms with Crippen LogP contribution in [0.5, 0.6) is 0 Å². The summed E-state index contributed by atoms with van der Waals surface area (Å²) in [5, 5.41) is 11.9. The number of furan rings is 1. The Kier molecular flexibility index (Phi) is 6.64. The summed E-state index contributed by atoms with van der Waals surface area (Å²) in [5.41, 5.74) is 0.875. The molecular weight excluding hydrogens is 487 g/mol. The summed E-state index contributed by atoms with van der Waals surface area (Å²) >= 11 is 13.5. The molecule has 1 fully saturated rings. The summed E-state index contributed by atoms with van der Waals surface area (Å²) in [4.78, 5) is 33.7. The number of nitrogens with zero attached hydrogens (tertiary/aromatic N) is 4. The second-order valence-corrected chi connectivity index (χ2v) is 8.48. The lowest BCUT2D eigenvalue weighted by Crippen LogP contribution is -2.29. The van der Waals surface area contributed by atoms with E-state index in [2.05, 4.69) is 16.6 Å². The Morgan fingerprint density at radius 2 is 2.06 bits per heavy atom. The lowest BCUT2D eigenvalue weighted by molar-refractivity contribution is -0.384. The molecule has 1 aliphatic rings. The van der Waals surface area contributed by atoms with Crippen molar-refractivity contribution >= 4 is 63.5 Å². The van der Waals surface area contributed by atoms with Gasteiger partial charge in [0.25, 0.3) is 11.6 Å². The molecule has 2 aromatic heterocycles. The summed E-state index contributed by atoms with van der Waals surface area (Å²) in [7, 11) is 0. The molecule has 0 aliphatic carbocycles. The molecule has 166 valence electrons. The van der Waals surface area contributed by atoms with Crippen LogP contribution >= 0.6 is 35.0 Å². The first-order valence-corrected chi connectivity index (χ1v) is 11.0. The van der Waals surface area contributed by atoms with E-state index in [1.54, 1.807) is 36.5 Å². The molecule has 8 nitrogen and oxygen atoms in total. The van der Waals surface area contributed by atoms with Gasteiger partial charge in [0.05, 0.1) is 25.6 Å². The van der Waals surface area contributed by atoms with Gasteiger partial charge in [0.1, 0.15) is 11.5 Å². The summed E-state index contributed by atoms with van der Waals surface area (Å²) < 4.78 is 5.82. The van der Waals surface area contributed by atoms with E-state index in [4.69, 9.17) is 27.6 Å². The van der Waals surface area contributed by atoms with Crippen molar-refractivity contribution in [2.45, 2.75) is 0 Å². The second kappa shape index (κ2) is 9.62. The van der Waals surface area contributed by atoms with Gasteiger partial charge in [-0.2, -0.15) is 0 Å². The molecule has 33 heavy (non-hydrogen) atoms. The van der Waals surface area contributed by atoms with Gasteiger partial charge in [0, 0.05) is 42.7 Å². The maximum Gasteiger partial charge on any atom is 0.270 e. The zero-order valence-corrected chi connectivity index (χ0v) is 19.1. The number of carbonyl (C=O) groups excluding carboxylic acids is 1. The standard InChI is InChI=1S/C22H14Cl2N4O4S/c1-2-9-27-21(29)20(33-22(27)26-18-7-8-25-12-17(18)24)11-14-4-6-19(32-14)15-5-3-13(28(30)31)10-16(15)23/h2-8,10-12H,1,9H2/b20-11+,26-22?. The van der Waals surface area contributed by atoms with Crippen molar-refractivity contribution in [1.29, 1.82) is 0 Å². The molecule has 11 heteroatoms. The minimum atomic E-state index is -0.524.